The van der Waals surface area contributed by atoms with Crippen molar-refractivity contribution in [1.82, 2.24) is 0 Å². The van der Waals surface area contributed by atoms with E-state index < -0.39 is 35.1 Å². The Balaban J connectivity index is 1.94. The summed E-state index contributed by atoms with van der Waals surface area (Å²) in [5, 5.41) is 43.7. The van der Waals surface area contributed by atoms with Gasteiger partial charge in [-0.25, -0.2) is 0 Å². The molecule has 4 aliphatic rings. The van der Waals surface area contributed by atoms with E-state index in [0.29, 0.717) is 31.3 Å². The third-order valence-electron chi connectivity index (χ3n) is 8.55. The van der Waals surface area contributed by atoms with Gasteiger partial charge in [-0.15, -0.1) is 0 Å². The molecule has 4 aliphatic carbocycles. The van der Waals surface area contributed by atoms with Crippen LogP contribution in [0.15, 0.2) is 12.2 Å². The molecule has 0 radical (unpaired) electrons. The highest BCUT2D eigenvalue weighted by atomic mass is 16.3. The van der Waals surface area contributed by atoms with E-state index >= 15 is 0 Å². The van der Waals surface area contributed by atoms with E-state index in [9.17, 15) is 25.2 Å². The quantitative estimate of drug-likeness (QED) is 0.530. The topological polar surface area (TPSA) is 98.0 Å². The van der Waals surface area contributed by atoms with Crippen molar-refractivity contribution >= 4 is 5.78 Å². The molecule has 0 saturated heterocycles. The normalized spacial score (nSPS) is 54.2. The van der Waals surface area contributed by atoms with E-state index in [1.165, 1.54) is 0 Å². The van der Waals surface area contributed by atoms with Crippen molar-refractivity contribution in [3.05, 3.63) is 12.2 Å². The Bertz CT molecular complexity index is 628. The van der Waals surface area contributed by atoms with Gasteiger partial charge in [0.2, 0.25) is 0 Å². The number of Topliss-reactive ketones (excluding diaryl/α,β-unsaturated/α-hetero) is 1. The summed E-state index contributed by atoms with van der Waals surface area (Å²) in [6.45, 7) is 7.92. The van der Waals surface area contributed by atoms with Crippen LogP contribution >= 0.6 is 0 Å². The Morgan fingerprint density at radius 3 is 2.40 bits per heavy atom. The molecule has 1 spiro atoms. The first-order valence-corrected chi connectivity index (χ1v) is 9.54. The second kappa shape index (κ2) is 5.16. The minimum atomic E-state index is -1.31. The van der Waals surface area contributed by atoms with E-state index in [1.54, 1.807) is 0 Å². The van der Waals surface area contributed by atoms with E-state index in [4.69, 9.17) is 0 Å². The molecule has 5 heteroatoms. The average Bonchev–Trinajstić information content (AvgIpc) is 2.68. The van der Waals surface area contributed by atoms with Gasteiger partial charge in [0, 0.05) is 11.3 Å². The fourth-order valence-corrected chi connectivity index (χ4v) is 7.35. The maximum absolute atomic E-state index is 13.2. The molecule has 0 aliphatic heterocycles. The molecule has 4 fully saturated rings. The van der Waals surface area contributed by atoms with E-state index in [0.717, 1.165) is 6.42 Å². The second-order valence-corrected chi connectivity index (χ2v) is 9.59. The van der Waals surface area contributed by atoms with Crippen LogP contribution in [0, 0.1) is 34.0 Å². The number of hydrogen-bond donors (Lipinski definition) is 4. The molecule has 2 bridgehead atoms. The van der Waals surface area contributed by atoms with E-state index in [2.05, 4.69) is 20.4 Å². The summed E-state index contributed by atoms with van der Waals surface area (Å²) >= 11 is 0. The van der Waals surface area contributed by atoms with Crippen LogP contribution in [0.2, 0.25) is 0 Å². The fourth-order valence-electron chi connectivity index (χ4n) is 7.35. The molecular weight excluding hydrogens is 320 g/mol. The summed E-state index contributed by atoms with van der Waals surface area (Å²) in [6, 6.07) is 0. The Labute approximate surface area is 148 Å². The number of rotatable bonds is 1. The average molecular weight is 350 g/mol. The van der Waals surface area contributed by atoms with Crippen molar-refractivity contribution in [3.63, 3.8) is 0 Å². The first kappa shape index (κ1) is 17.7. The molecule has 8 atom stereocenters. The lowest BCUT2D eigenvalue weighted by atomic mass is 9.38. The minimum absolute atomic E-state index is 0.0928. The van der Waals surface area contributed by atoms with Crippen LogP contribution in [0.5, 0.6) is 0 Å². The molecule has 0 amide bonds. The molecule has 0 unspecified atom stereocenters. The van der Waals surface area contributed by atoms with Crippen LogP contribution in [0.3, 0.4) is 0 Å². The maximum Gasteiger partial charge on any atom is 0.170 e. The van der Waals surface area contributed by atoms with Crippen LogP contribution in [-0.2, 0) is 4.79 Å². The molecule has 0 aromatic heterocycles. The van der Waals surface area contributed by atoms with Crippen molar-refractivity contribution in [2.45, 2.75) is 64.3 Å². The van der Waals surface area contributed by atoms with Gasteiger partial charge in [-0.2, -0.15) is 0 Å². The van der Waals surface area contributed by atoms with E-state index in [-0.39, 0.29) is 29.6 Å². The van der Waals surface area contributed by atoms with Gasteiger partial charge in [-0.05, 0) is 54.9 Å². The predicted molar refractivity (Wildman–Crippen MR) is 91.5 cm³/mol. The third kappa shape index (κ3) is 1.76. The van der Waals surface area contributed by atoms with Crippen molar-refractivity contribution in [2.75, 3.05) is 6.61 Å². The molecule has 25 heavy (non-hydrogen) atoms. The molecule has 0 aromatic rings. The standard InChI is InChI=1S/C20H30O5/c1-10-11-4-5-12-19(9-21)13(18(2,3)7-6-14(19)22)8-15(23)20(12,16(10)24)17(11)25/h11-15,17,21-23,25H,1,4-9H2,2-3H3/t11-,12-,13+,14+,15+,17+,19-,20-/m0/s1. The lowest BCUT2D eigenvalue weighted by molar-refractivity contribution is -0.267. The minimum Gasteiger partial charge on any atom is -0.396 e. The largest absolute Gasteiger partial charge is 0.396 e. The molecule has 5 nitrogen and oxygen atoms in total. The summed E-state index contributed by atoms with van der Waals surface area (Å²) in [7, 11) is 0. The van der Waals surface area contributed by atoms with Crippen LogP contribution in [0.1, 0.15) is 46.0 Å². The summed E-state index contributed by atoms with van der Waals surface area (Å²) in [4.78, 5) is 13.2. The Morgan fingerprint density at radius 1 is 1.08 bits per heavy atom. The number of carbonyl (C=O) groups is 1. The van der Waals surface area contributed by atoms with Crippen LogP contribution in [0.4, 0.5) is 0 Å². The summed E-state index contributed by atoms with van der Waals surface area (Å²) in [5.74, 6) is -1.07. The number of aliphatic hydroxyl groups excluding tert-OH is 4. The Morgan fingerprint density at radius 2 is 1.76 bits per heavy atom. The van der Waals surface area contributed by atoms with Crippen LogP contribution in [0.25, 0.3) is 0 Å². The second-order valence-electron chi connectivity index (χ2n) is 9.59. The first-order valence-electron chi connectivity index (χ1n) is 9.54. The summed E-state index contributed by atoms with van der Waals surface area (Å²) < 4.78 is 0. The van der Waals surface area contributed by atoms with Crippen LogP contribution < -0.4 is 0 Å². The van der Waals surface area contributed by atoms with Crippen molar-refractivity contribution in [3.8, 4) is 0 Å². The molecule has 4 saturated carbocycles. The Kier molecular flexibility index (Phi) is 3.64. The predicted octanol–water partition coefficient (Wildman–Crippen LogP) is 1.04. The van der Waals surface area contributed by atoms with Gasteiger partial charge in [-0.1, -0.05) is 20.4 Å². The van der Waals surface area contributed by atoms with Gasteiger partial charge >= 0.3 is 0 Å². The van der Waals surface area contributed by atoms with Crippen molar-refractivity contribution in [2.24, 2.45) is 34.0 Å². The highest BCUT2D eigenvalue weighted by molar-refractivity contribution is 6.04. The number of ketones is 1. The third-order valence-corrected chi connectivity index (χ3v) is 8.55. The number of aliphatic hydroxyl groups is 4. The van der Waals surface area contributed by atoms with Crippen molar-refractivity contribution < 1.29 is 25.2 Å². The zero-order valence-electron chi connectivity index (χ0n) is 15.1. The highest BCUT2D eigenvalue weighted by Crippen LogP contribution is 2.70. The summed E-state index contributed by atoms with van der Waals surface area (Å²) in [6.07, 6.45) is 0.291. The monoisotopic (exact) mass is 350 g/mol. The fraction of sp³-hybridized carbons (Fsp3) is 0.850. The summed E-state index contributed by atoms with van der Waals surface area (Å²) in [5.41, 5.74) is -1.91. The maximum atomic E-state index is 13.2. The molecular formula is C20H30O5. The number of fused-ring (bicyclic) bond motifs is 3. The van der Waals surface area contributed by atoms with Gasteiger partial charge < -0.3 is 20.4 Å². The number of hydrogen-bond acceptors (Lipinski definition) is 5. The van der Waals surface area contributed by atoms with E-state index in [1.807, 2.05) is 0 Å². The SMILES string of the molecule is C=C1C(=O)[C@@]23[C@H](O)C[C@@H]4C(C)(C)CC[C@@H](O)[C@@]4(CO)[C@@H]2CC[C@@H]1[C@H]3O. The molecule has 0 heterocycles. The molecule has 0 aromatic carbocycles. The lowest BCUT2D eigenvalue weighted by Crippen LogP contribution is -2.71. The lowest BCUT2D eigenvalue weighted by Gasteiger charge is -2.66. The van der Waals surface area contributed by atoms with Gasteiger partial charge in [-0.3, -0.25) is 4.79 Å². The first-order chi connectivity index (χ1) is 11.7. The van der Waals surface area contributed by atoms with Gasteiger partial charge in [0.05, 0.1) is 30.3 Å². The Hall–Kier alpha value is -0.750. The van der Waals surface area contributed by atoms with Crippen LogP contribution in [-0.4, -0.2) is 51.1 Å². The van der Waals surface area contributed by atoms with Gasteiger partial charge in [0.15, 0.2) is 5.78 Å². The smallest absolute Gasteiger partial charge is 0.170 e. The highest BCUT2D eigenvalue weighted by Gasteiger charge is 2.76. The number of carbonyl (C=O) groups excluding carboxylic acids is 1. The molecule has 4 N–H and O–H groups in total. The molecule has 140 valence electrons. The van der Waals surface area contributed by atoms with Gasteiger partial charge in [0.25, 0.3) is 0 Å². The molecule has 4 rings (SSSR count). The van der Waals surface area contributed by atoms with Gasteiger partial charge in [0.1, 0.15) is 0 Å². The zero-order chi connectivity index (χ0) is 18.4. The zero-order valence-corrected chi connectivity index (χ0v) is 15.1. The van der Waals surface area contributed by atoms with Crippen molar-refractivity contribution in [1.29, 1.82) is 0 Å².